The lowest BCUT2D eigenvalue weighted by Gasteiger charge is -2.23. The Bertz CT molecular complexity index is 1020. The molecular formula is C26H32N6O2. The fourth-order valence-corrected chi connectivity index (χ4v) is 5.03. The molecule has 2 aliphatic carbocycles. The standard InChI is InChI=1S/C26H32N6O2/c1-33-21-9-4-17(5-10-21)15-27-24-30-25(28-16-18-6-11-22(34-2)12-7-18)32-26(31-24)29-23-14-19-3-8-20(23)13-19/h4-7,9-12,19-20,23H,3,8,13-16H2,1-2H3,(H3,27,28,29,30,31,32)/t19-,20+,23-/m0/s1. The highest BCUT2D eigenvalue weighted by molar-refractivity contribution is 5.44. The van der Waals surface area contributed by atoms with E-state index in [0.717, 1.165) is 34.5 Å². The van der Waals surface area contributed by atoms with Gasteiger partial charge in [-0.3, -0.25) is 0 Å². The number of rotatable bonds is 10. The van der Waals surface area contributed by atoms with Crippen LogP contribution in [-0.2, 0) is 13.1 Å². The molecule has 8 nitrogen and oxygen atoms in total. The minimum absolute atomic E-state index is 0.449. The average molecular weight is 461 g/mol. The fourth-order valence-electron chi connectivity index (χ4n) is 5.03. The molecule has 0 saturated heterocycles. The van der Waals surface area contributed by atoms with Crippen molar-refractivity contribution in [2.75, 3.05) is 30.2 Å². The summed E-state index contributed by atoms with van der Waals surface area (Å²) < 4.78 is 10.5. The first kappa shape index (κ1) is 22.3. The van der Waals surface area contributed by atoms with E-state index < -0.39 is 0 Å². The van der Waals surface area contributed by atoms with Crippen LogP contribution in [0.15, 0.2) is 48.5 Å². The first-order valence-electron chi connectivity index (χ1n) is 11.9. The van der Waals surface area contributed by atoms with Crippen molar-refractivity contribution >= 4 is 17.8 Å². The van der Waals surface area contributed by atoms with E-state index in [9.17, 15) is 0 Å². The smallest absolute Gasteiger partial charge is 0.229 e. The number of hydrogen-bond acceptors (Lipinski definition) is 8. The predicted octanol–water partition coefficient (Wildman–Crippen LogP) is 4.71. The molecule has 2 fully saturated rings. The van der Waals surface area contributed by atoms with Crippen LogP contribution < -0.4 is 25.4 Å². The quantitative estimate of drug-likeness (QED) is 0.400. The summed E-state index contributed by atoms with van der Waals surface area (Å²) in [6.45, 7) is 1.22. The van der Waals surface area contributed by atoms with Crippen LogP contribution in [0.5, 0.6) is 11.5 Å². The van der Waals surface area contributed by atoms with Gasteiger partial charge in [-0.1, -0.05) is 30.7 Å². The van der Waals surface area contributed by atoms with Crippen molar-refractivity contribution in [3.63, 3.8) is 0 Å². The first-order chi connectivity index (χ1) is 16.7. The Morgan fingerprint density at radius 2 is 1.24 bits per heavy atom. The van der Waals surface area contributed by atoms with Gasteiger partial charge in [-0.2, -0.15) is 15.0 Å². The van der Waals surface area contributed by atoms with E-state index >= 15 is 0 Å². The van der Waals surface area contributed by atoms with Crippen LogP contribution in [0.1, 0.15) is 36.8 Å². The molecule has 3 aromatic rings. The highest BCUT2D eigenvalue weighted by Gasteiger charge is 2.39. The summed E-state index contributed by atoms with van der Waals surface area (Å²) >= 11 is 0. The summed E-state index contributed by atoms with van der Waals surface area (Å²) in [5, 5.41) is 10.3. The topological polar surface area (TPSA) is 93.2 Å². The molecule has 2 bridgehead atoms. The fraction of sp³-hybridized carbons (Fsp3) is 0.423. The van der Waals surface area contributed by atoms with Crippen molar-refractivity contribution < 1.29 is 9.47 Å². The monoisotopic (exact) mass is 460 g/mol. The largest absolute Gasteiger partial charge is 0.497 e. The van der Waals surface area contributed by atoms with Crippen molar-refractivity contribution in [1.82, 2.24) is 15.0 Å². The van der Waals surface area contributed by atoms with Gasteiger partial charge in [0.05, 0.1) is 14.2 Å². The lowest BCUT2D eigenvalue weighted by Crippen LogP contribution is -2.27. The minimum atomic E-state index is 0.449. The number of methoxy groups -OCH3 is 2. The molecule has 3 atom stereocenters. The van der Waals surface area contributed by atoms with Crippen LogP contribution in [0.3, 0.4) is 0 Å². The maximum absolute atomic E-state index is 5.25. The van der Waals surface area contributed by atoms with Crippen LogP contribution in [0.4, 0.5) is 17.8 Å². The average Bonchev–Trinajstić information content (AvgIpc) is 3.50. The van der Waals surface area contributed by atoms with Crippen LogP contribution in [0.2, 0.25) is 0 Å². The number of ether oxygens (including phenoxy) is 2. The number of aromatic nitrogens is 3. The highest BCUT2D eigenvalue weighted by Crippen LogP contribution is 2.45. The summed E-state index contributed by atoms with van der Waals surface area (Å²) in [6, 6.07) is 16.4. The number of anilines is 3. The van der Waals surface area contributed by atoms with E-state index in [-0.39, 0.29) is 0 Å². The molecule has 0 aliphatic heterocycles. The van der Waals surface area contributed by atoms with E-state index in [1.54, 1.807) is 14.2 Å². The minimum Gasteiger partial charge on any atom is -0.497 e. The summed E-state index contributed by atoms with van der Waals surface area (Å²) in [4.78, 5) is 14.0. The Morgan fingerprint density at radius 3 is 1.68 bits per heavy atom. The van der Waals surface area contributed by atoms with Crippen LogP contribution >= 0.6 is 0 Å². The van der Waals surface area contributed by atoms with Crippen molar-refractivity contribution in [2.45, 2.75) is 44.8 Å². The molecule has 0 amide bonds. The van der Waals surface area contributed by atoms with E-state index in [1.807, 2.05) is 48.5 Å². The Labute approximate surface area is 200 Å². The lowest BCUT2D eigenvalue weighted by atomic mass is 9.95. The van der Waals surface area contributed by atoms with Crippen molar-refractivity contribution in [1.29, 1.82) is 0 Å². The second-order valence-corrected chi connectivity index (χ2v) is 9.14. The van der Waals surface area contributed by atoms with Gasteiger partial charge in [0.1, 0.15) is 11.5 Å². The third-order valence-electron chi connectivity index (χ3n) is 6.91. The number of benzene rings is 2. The first-order valence-corrected chi connectivity index (χ1v) is 11.9. The van der Waals surface area contributed by atoms with Gasteiger partial charge in [0.15, 0.2) is 0 Å². The predicted molar refractivity (Wildman–Crippen MR) is 133 cm³/mol. The molecule has 1 heterocycles. The summed E-state index contributed by atoms with van der Waals surface area (Å²) in [7, 11) is 3.34. The lowest BCUT2D eigenvalue weighted by molar-refractivity contribution is 0.414. The number of nitrogens with one attached hydrogen (secondary N) is 3. The Morgan fingerprint density at radius 1 is 0.706 bits per heavy atom. The maximum atomic E-state index is 5.25. The Kier molecular flexibility index (Phi) is 6.65. The number of fused-ring (bicyclic) bond motifs is 2. The van der Waals surface area contributed by atoms with Gasteiger partial charge in [0.25, 0.3) is 0 Å². The maximum Gasteiger partial charge on any atom is 0.229 e. The highest BCUT2D eigenvalue weighted by atomic mass is 16.5. The van der Waals surface area contributed by atoms with Gasteiger partial charge < -0.3 is 25.4 Å². The van der Waals surface area contributed by atoms with Gasteiger partial charge in [0.2, 0.25) is 17.8 Å². The van der Waals surface area contributed by atoms with Crippen molar-refractivity contribution in [3.8, 4) is 11.5 Å². The summed E-state index contributed by atoms with van der Waals surface area (Å²) in [6.07, 6.45) is 5.20. The SMILES string of the molecule is COc1ccc(CNc2nc(NCc3ccc(OC)cc3)nc(N[C@H]3C[C@H]4CC[C@@H]3C4)n2)cc1. The van der Waals surface area contributed by atoms with Gasteiger partial charge >= 0.3 is 0 Å². The molecule has 2 saturated carbocycles. The van der Waals surface area contributed by atoms with Gasteiger partial charge in [-0.25, -0.2) is 0 Å². The van der Waals surface area contributed by atoms with Crippen LogP contribution in [-0.4, -0.2) is 35.2 Å². The number of hydrogen-bond donors (Lipinski definition) is 3. The van der Waals surface area contributed by atoms with Crippen LogP contribution in [0.25, 0.3) is 0 Å². The molecule has 2 aliphatic rings. The van der Waals surface area contributed by atoms with Crippen LogP contribution in [0, 0.1) is 11.8 Å². The van der Waals surface area contributed by atoms with Gasteiger partial charge in [-0.05, 0) is 66.5 Å². The van der Waals surface area contributed by atoms with Crippen molar-refractivity contribution in [3.05, 3.63) is 59.7 Å². The Balaban J connectivity index is 1.29. The molecule has 2 aromatic carbocycles. The summed E-state index contributed by atoms with van der Waals surface area (Å²) in [5.41, 5.74) is 2.24. The molecule has 178 valence electrons. The van der Waals surface area contributed by atoms with E-state index in [4.69, 9.17) is 9.47 Å². The molecule has 0 radical (unpaired) electrons. The second-order valence-electron chi connectivity index (χ2n) is 9.14. The zero-order valence-corrected chi connectivity index (χ0v) is 19.8. The molecule has 0 unspecified atom stereocenters. The Hall–Kier alpha value is -3.55. The van der Waals surface area contributed by atoms with E-state index in [1.165, 1.54) is 25.7 Å². The molecule has 8 heteroatoms. The second kappa shape index (κ2) is 10.2. The normalized spacial score (nSPS) is 20.7. The third-order valence-corrected chi connectivity index (χ3v) is 6.91. The molecule has 5 rings (SSSR count). The molecular weight excluding hydrogens is 428 g/mol. The third kappa shape index (κ3) is 5.32. The molecule has 3 N–H and O–H groups in total. The van der Waals surface area contributed by atoms with Gasteiger partial charge in [-0.15, -0.1) is 0 Å². The van der Waals surface area contributed by atoms with E-state index in [2.05, 4.69) is 30.9 Å². The number of nitrogens with zero attached hydrogens (tertiary/aromatic N) is 3. The van der Waals surface area contributed by atoms with Crippen molar-refractivity contribution in [2.24, 2.45) is 11.8 Å². The van der Waals surface area contributed by atoms with E-state index in [0.29, 0.717) is 37.0 Å². The molecule has 0 spiro atoms. The van der Waals surface area contributed by atoms with Gasteiger partial charge in [0, 0.05) is 19.1 Å². The molecule has 1 aromatic heterocycles. The summed E-state index contributed by atoms with van der Waals surface area (Å²) in [5.74, 6) is 4.99. The zero-order valence-electron chi connectivity index (χ0n) is 19.8. The zero-order chi connectivity index (χ0) is 23.3. The molecule has 34 heavy (non-hydrogen) atoms.